The highest BCUT2D eigenvalue weighted by Crippen LogP contribution is 2.31. The van der Waals surface area contributed by atoms with E-state index in [9.17, 15) is 9.59 Å². The lowest BCUT2D eigenvalue weighted by atomic mass is 9.92. The Balaban J connectivity index is 1.27. The molecule has 0 radical (unpaired) electrons. The SMILES string of the molecule is CC(C)NC(=O)N1CCC(CC(=O)Nc2ccc3cc2CCC2C=NC=C(C2)Nc2ncc(Cl)c(n2)N3)CC1. The normalized spacial score (nSPS) is 19.0. The molecule has 1 fully saturated rings. The number of rotatable bonds is 4. The summed E-state index contributed by atoms with van der Waals surface area (Å²) >= 11 is 6.38. The monoisotopic (exact) mass is 550 g/mol. The zero-order valence-corrected chi connectivity index (χ0v) is 23.1. The van der Waals surface area contributed by atoms with E-state index in [-0.39, 0.29) is 29.8 Å². The van der Waals surface area contributed by atoms with Gasteiger partial charge in [0.05, 0.1) is 6.20 Å². The average molecular weight is 551 g/mol. The summed E-state index contributed by atoms with van der Waals surface area (Å²) in [6.07, 6.45) is 9.88. The Labute approximate surface area is 233 Å². The molecule has 1 aromatic heterocycles. The minimum absolute atomic E-state index is 0.00269. The Morgan fingerprint density at radius 1 is 1.18 bits per heavy atom. The molecule has 1 atom stereocenters. The van der Waals surface area contributed by atoms with Crippen molar-refractivity contribution in [1.82, 2.24) is 20.2 Å². The van der Waals surface area contributed by atoms with Gasteiger partial charge >= 0.3 is 6.03 Å². The van der Waals surface area contributed by atoms with Crippen LogP contribution in [0.1, 0.15) is 51.5 Å². The van der Waals surface area contributed by atoms with Crippen molar-refractivity contribution in [2.75, 3.05) is 29.0 Å². The number of hydrogen-bond donors (Lipinski definition) is 4. The van der Waals surface area contributed by atoms with Crippen molar-refractivity contribution >= 4 is 52.9 Å². The topological polar surface area (TPSA) is 124 Å². The summed E-state index contributed by atoms with van der Waals surface area (Å²) in [5, 5.41) is 13.1. The second kappa shape index (κ2) is 12.0. The molecule has 39 heavy (non-hydrogen) atoms. The van der Waals surface area contributed by atoms with Crippen molar-refractivity contribution in [2.24, 2.45) is 16.8 Å². The molecule has 2 aromatic rings. The fourth-order valence-electron chi connectivity index (χ4n) is 5.18. The first-order chi connectivity index (χ1) is 18.8. The summed E-state index contributed by atoms with van der Waals surface area (Å²) in [5.41, 5.74) is 3.63. The predicted octanol–water partition coefficient (Wildman–Crippen LogP) is 5.32. The van der Waals surface area contributed by atoms with E-state index in [1.165, 1.54) is 0 Å². The van der Waals surface area contributed by atoms with Crippen LogP contribution in [0.25, 0.3) is 0 Å². The lowest BCUT2D eigenvalue weighted by molar-refractivity contribution is -0.117. The molecular formula is C28H35ClN8O2. The number of fused-ring (bicyclic) bond motifs is 6. The molecule has 3 aliphatic heterocycles. The van der Waals surface area contributed by atoms with Crippen LogP contribution in [-0.4, -0.2) is 52.2 Å². The lowest BCUT2D eigenvalue weighted by Crippen LogP contribution is -2.46. The summed E-state index contributed by atoms with van der Waals surface area (Å²) in [6.45, 7) is 5.25. The third kappa shape index (κ3) is 7.06. The maximum Gasteiger partial charge on any atom is 0.317 e. The molecule has 1 aromatic carbocycles. The van der Waals surface area contributed by atoms with Crippen molar-refractivity contribution in [3.8, 4) is 0 Å². The van der Waals surface area contributed by atoms with Crippen LogP contribution in [0, 0.1) is 11.8 Å². The van der Waals surface area contributed by atoms with Gasteiger partial charge in [-0.05, 0) is 75.6 Å². The van der Waals surface area contributed by atoms with E-state index in [1.807, 2.05) is 43.2 Å². The van der Waals surface area contributed by atoms with Crippen molar-refractivity contribution in [3.63, 3.8) is 0 Å². The maximum absolute atomic E-state index is 13.1. The van der Waals surface area contributed by atoms with Gasteiger partial charge in [0.1, 0.15) is 5.02 Å². The smallest absolute Gasteiger partial charge is 0.317 e. The lowest BCUT2D eigenvalue weighted by Gasteiger charge is -2.32. The number of aromatic nitrogens is 2. The molecule has 0 spiro atoms. The molecule has 5 rings (SSSR count). The van der Waals surface area contributed by atoms with Crippen molar-refractivity contribution < 1.29 is 9.59 Å². The van der Waals surface area contributed by atoms with E-state index in [2.05, 4.69) is 36.2 Å². The van der Waals surface area contributed by atoms with E-state index in [0.29, 0.717) is 36.3 Å². The van der Waals surface area contributed by atoms with Crippen LogP contribution >= 0.6 is 11.6 Å². The molecule has 0 saturated carbocycles. The zero-order chi connectivity index (χ0) is 27.4. The summed E-state index contributed by atoms with van der Waals surface area (Å²) in [5.74, 6) is 1.46. The highest BCUT2D eigenvalue weighted by Gasteiger charge is 2.25. The number of carbonyl (C=O) groups excluding carboxylic acids is 2. The summed E-state index contributed by atoms with van der Waals surface area (Å²) in [7, 11) is 0. The molecule has 10 nitrogen and oxygen atoms in total. The molecule has 11 heteroatoms. The number of piperidine rings is 1. The van der Waals surface area contributed by atoms with Crippen LogP contribution in [0.5, 0.6) is 0 Å². The first-order valence-corrected chi connectivity index (χ1v) is 14.0. The zero-order valence-electron chi connectivity index (χ0n) is 22.3. The fourth-order valence-corrected chi connectivity index (χ4v) is 5.32. The number of likely N-dealkylation sites (tertiary alicyclic amines) is 1. The van der Waals surface area contributed by atoms with Gasteiger partial charge in [0.2, 0.25) is 11.9 Å². The predicted molar refractivity (Wildman–Crippen MR) is 155 cm³/mol. The van der Waals surface area contributed by atoms with E-state index < -0.39 is 0 Å². The number of nitrogens with one attached hydrogen (secondary N) is 4. The molecule has 0 aliphatic carbocycles. The minimum atomic E-state index is -0.0255. The highest BCUT2D eigenvalue weighted by atomic mass is 35.5. The average Bonchev–Trinajstić information content (AvgIpc) is 2.91. The number of benzene rings is 1. The number of halogens is 1. The molecule has 206 valence electrons. The third-order valence-corrected chi connectivity index (χ3v) is 7.52. The van der Waals surface area contributed by atoms with Crippen LogP contribution < -0.4 is 21.3 Å². The fraction of sp³-hybridized carbons (Fsp3) is 0.464. The Hall–Kier alpha value is -3.66. The van der Waals surface area contributed by atoms with E-state index in [4.69, 9.17) is 11.6 Å². The summed E-state index contributed by atoms with van der Waals surface area (Å²) in [4.78, 5) is 40.5. The Morgan fingerprint density at radius 3 is 2.79 bits per heavy atom. The number of carbonyl (C=O) groups is 2. The number of amides is 3. The van der Waals surface area contributed by atoms with Crippen molar-refractivity contribution in [2.45, 2.75) is 58.4 Å². The number of aliphatic imine (C=N–C) groups is 1. The molecule has 3 aliphatic rings. The number of hydrogen-bond acceptors (Lipinski definition) is 7. The van der Waals surface area contributed by atoms with Crippen LogP contribution in [0.4, 0.5) is 27.9 Å². The van der Waals surface area contributed by atoms with Gasteiger partial charge in [-0.2, -0.15) is 4.98 Å². The molecule has 4 N–H and O–H groups in total. The van der Waals surface area contributed by atoms with Gasteiger partial charge in [-0.3, -0.25) is 9.79 Å². The quantitative estimate of drug-likeness (QED) is 0.408. The second-order valence-corrected chi connectivity index (χ2v) is 11.2. The molecular weight excluding hydrogens is 516 g/mol. The van der Waals surface area contributed by atoms with E-state index in [0.717, 1.165) is 54.7 Å². The van der Waals surface area contributed by atoms with E-state index in [1.54, 1.807) is 12.4 Å². The van der Waals surface area contributed by atoms with Gasteiger partial charge in [0.25, 0.3) is 0 Å². The standard InChI is InChI=1S/C28H35ClN8O2/c1-17(2)32-28(39)37-9-7-18(8-10-37)12-25(38)35-24-6-5-21-13-20(24)4-3-19-11-22(15-30-14-19)34-27-31-16-23(29)26(33-21)36-27/h5-6,13-19H,3-4,7-12H2,1-2H3,(H,32,39)(H,35,38)(H2,31,33,34,36). The van der Waals surface area contributed by atoms with Crippen LogP contribution in [0.15, 0.2) is 41.3 Å². The van der Waals surface area contributed by atoms with Gasteiger partial charge in [-0.25, -0.2) is 9.78 Å². The highest BCUT2D eigenvalue weighted by molar-refractivity contribution is 6.32. The summed E-state index contributed by atoms with van der Waals surface area (Å²) < 4.78 is 0. The van der Waals surface area contributed by atoms with Gasteiger partial charge in [-0.15, -0.1) is 0 Å². The number of allylic oxidation sites excluding steroid dienone is 1. The van der Waals surface area contributed by atoms with Crippen LogP contribution in [0.2, 0.25) is 5.02 Å². The van der Waals surface area contributed by atoms with Gasteiger partial charge in [0.15, 0.2) is 5.82 Å². The number of anilines is 4. The van der Waals surface area contributed by atoms with E-state index >= 15 is 0 Å². The third-order valence-electron chi connectivity index (χ3n) is 7.24. The van der Waals surface area contributed by atoms with Crippen molar-refractivity contribution in [1.29, 1.82) is 0 Å². The number of nitrogens with zero attached hydrogens (tertiary/aromatic N) is 4. The number of aryl methyl sites for hydroxylation is 1. The van der Waals surface area contributed by atoms with Crippen LogP contribution in [-0.2, 0) is 11.2 Å². The Morgan fingerprint density at radius 2 is 2.00 bits per heavy atom. The minimum Gasteiger partial charge on any atom is -0.339 e. The van der Waals surface area contributed by atoms with Crippen molar-refractivity contribution in [3.05, 3.63) is 46.9 Å². The Kier molecular flexibility index (Phi) is 8.30. The largest absolute Gasteiger partial charge is 0.339 e. The Bertz CT molecular complexity index is 1290. The maximum atomic E-state index is 13.1. The first-order valence-electron chi connectivity index (χ1n) is 13.6. The first kappa shape index (κ1) is 26.9. The molecule has 6 bridgehead atoms. The van der Waals surface area contributed by atoms with Gasteiger partial charge < -0.3 is 26.2 Å². The molecule has 4 heterocycles. The molecule has 1 saturated heterocycles. The van der Waals surface area contributed by atoms with Gasteiger partial charge in [0, 0.05) is 61.0 Å². The van der Waals surface area contributed by atoms with Gasteiger partial charge in [-0.1, -0.05) is 11.6 Å². The molecule has 3 amide bonds. The second-order valence-electron chi connectivity index (χ2n) is 10.8. The summed E-state index contributed by atoms with van der Waals surface area (Å²) in [6, 6.07) is 5.98. The number of urea groups is 1. The molecule has 1 unspecified atom stereocenters. The van der Waals surface area contributed by atoms with Crippen LogP contribution in [0.3, 0.4) is 0 Å².